The highest BCUT2D eigenvalue weighted by Gasteiger charge is 2.27. The third kappa shape index (κ3) is 5.42. The van der Waals surface area contributed by atoms with Crippen molar-refractivity contribution in [3.05, 3.63) is 0 Å². The molecule has 3 aliphatic rings. The highest BCUT2D eigenvalue weighted by atomic mass is 16.5. The highest BCUT2D eigenvalue weighted by molar-refractivity contribution is 4.80. The summed E-state index contributed by atoms with van der Waals surface area (Å²) < 4.78 is 6.35. The van der Waals surface area contributed by atoms with Gasteiger partial charge in [-0.1, -0.05) is 0 Å². The molecule has 0 atom stereocenters. The molecule has 4 heteroatoms. The van der Waals surface area contributed by atoms with E-state index in [0.29, 0.717) is 18.2 Å². The van der Waals surface area contributed by atoms with Crippen LogP contribution in [0.25, 0.3) is 0 Å². The largest absolute Gasteiger partial charge is 0.375 e. The van der Waals surface area contributed by atoms with Crippen LogP contribution in [0.4, 0.5) is 0 Å². The molecule has 2 aliphatic heterocycles. The smallest absolute Gasteiger partial charge is 0.0603 e. The van der Waals surface area contributed by atoms with Gasteiger partial charge in [-0.25, -0.2) is 0 Å². The second-order valence-corrected chi connectivity index (χ2v) is 8.16. The number of nitrogens with zero attached hydrogens (tertiary/aromatic N) is 2. The van der Waals surface area contributed by atoms with Crippen LogP contribution < -0.4 is 5.32 Å². The van der Waals surface area contributed by atoms with Gasteiger partial charge in [0.05, 0.1) is 12.2 Å². The van der Waals surface area contributed by atoms with Crippen LogP contribution >= 0.6 is 0 Å². The molecule has 134 valence electrons. The van der Waals surface area contributed by atoms with Gasteiger partial charge in [0.25, 0.3) is 0 Å². The number of piperidine rings is 1. The number of nitrogens with one attached hydrogen (secondary N) is 1. The van der Waals surface area contributed by atoms with E-state index in [9.17, 15) is 0 Å². The van der Waals surface area contributed by atoms with Crippen molar-refractivity contribution in [2.45, 2.75) is 70.6 Å². The first-order chi connectivity index (χ1) is 11.2. The standard InChI is InChI=1S/C19H37N3O/c1-16(2)22-13-11-21(12-14-22)15-17-3-5-18(6-4-17)23-19-7-9-20-10-8-19/h16-20H,3-15H2,1-2H3. The predicted molar refractivity (Wildman–Crippen MR) is 95.9 cm³/mol. The van der Waals surface area contributed by atoms with Gasteiger partial charge in [-0.05, 0) is 71.4 Å². The van der Waals surface area contributed by atoms with E-state index in [1.165, 1.54) is 71.2 Å². The molecular formula is C19H37N3O. The van der Waals surface area contributed by atoms with E-state index in [-0.39, 0.29) is 0 Å². The molecule has 0 aromatic carbocycles. The van der Waals surface area contributed by atoms with Gasteiger partial charge in [-0.3, -0.25) is 4.90 Å². The molecule has 3 fully saturated rings. The maximum atomic E-state index is 6.35. The normalized spacial score (nSPS) is 32.5. The minimum atomic E-state index is 0.530. The summed E-state index contributed by atoms with van der Waals surface area (Å²) in [5.41, 5.74) is 0. The van der Waals surface area contributed by atoms with E-state index in [1.54, 1.807) is 0 Å². The van der Waals surface area contributed by atoms with Gasteiger partial charge >= 0.3 is 0 Å². The van der Waals surface area contributed by atoms with Crippen molar-refractivity contribution in [2.75, 3.05) is 45.8 Å². The zero-order chi connectivity index (χ0) is 16.1. The molecule has 23 heavy (non-hydrogen) atoms. The molecule has 1 N–H and O–H groups in total. The van der Waals surface area contributed by atoms with E-state index in [0.717, 1.165) is 19.0 Å². The summed E-state index contributed by atoms with van der Waals surface area (Å²) in [6, 6.07) is 0.708. The lowest BCUT2D eigenvalue weighted by Gasteiger charge is -2.40. The number of rotatable bonds is 5. The summed E-state index contributed by atoms with van der Waals surface area (Å²) in [6.07, 6.45) is 8.83. The van der Waals surface area contributed by atoms with E-state index >= 15 is 0 Å². The van der Waals surface area contributed by atoms with Crippen LogP contribution in [0.1, 0.15) is 52.4 Å². The zero-order valence-corrected chi connectivity index (χ0v) is 15.3. The molecule has 0 radical (unpaired) electrons. The molecule has 0 unspecified atom stereocenters. The fourth-order valence-corrected chi connectivity index (χ4v) is 4.48. The van der Waals surface area contributed by atoms with Crippen molar-refractivity contribution in [1.82, 2.24) is 15.1 Å². The lowest BCUT2D eigenvalue weighted by atomic mass is 9.86. The molecule has 2 heterocycles. The molecule has 1 saturated carbocycles. The minimum absolute atomic E-state index is 0.530. The van der Waals surface area contributed by atoms with Gasteiger partial charge in [0, 0.05) is 38.8 Å². The summed E-state index contributed by atoms with van der Waals surface area (Å²) in [5.74, 6) is 0.911. The SMILES string of the molecule is CC(C)N1CCN(CC2CCC(OC3CCNCC3)CC2)CC1. The third-order valence-corrected chi connectivity index (χ3v) is 6.12. The molecule has 2 saturated heterocycles. The first kappa shape index (κ1) is 17.7. The van der Waals surface area contributed by atoms with Crippen LogP contribution in [-0.4, -0.2) is 73.9 Å². The van der Waals surface area contributed by atoms with Crippen molar-refractivity contribution < 1.29 is 4.74 Å². The highest BCUT2D eigenvalue weighted by Crippen LogP contribution is 2.29. The van der Waals surface area contributed by atoms with E-state index < -0.39 is 0 Å². The van der Waals surface area contributed by atoms with Crippen molar-refractivity contribution in [1.29, 1.82) is 0 Å². The second kappa shape index (κ2) is 8.80. The molecule has 4 nitrogen and oxygen atoms in total. The van der Waals surface area contributed by atoms with E-state index in [1.807, 2.05) is 0 Å². The average molecular weight is 324 g/mol. The Morgan fingerprint density at radius 3 is 2.09 bits per heavy atom. The van der Waals surface area contributed by atoms with Crippen LogP contribution in [-0.2, 0) is 4.74 Å². The molecule has 0 aromatic rings. The quantitative estimate of drug-likeness (QED) is 0.840. The fraction of sp³-hybridized carbons (Fsp3) is 1.00. The Labute approximate surface area is 142 Å². The lowest BCUT2D eigenvalue weighted by Crippen LogP contribution is -2.50. The Hall–Kier alpha value is -0.160. The maximum absolute atomic E-state index is 6.35. The monoisotopic (exact) mass is 323 g/mol. The van der Waals surface area contributed by atoms with Gasteiger partial charge in [0.2, 0.25) is 0 Å². The summed E-state index contributed by atoms with van der Waals surface area (Å²) >= 11 is 0. The van der Waals surface area contributed by atoms with Crippen LogP contribution in [0.2, 0.25) is 0 Å². The number of piperazine rings is 1. The zero-order valence-electron chi connectivity index (χ0n) is 15.3. The summed E-state index contributed by atoms with van der Waals surface area (Å²) in [5, 5.41) is 3.43. The summed E-state index contributed by atoms with van der Waals surface area (Å²) in [7, 11) is 0. The van der Waals surface area contributed by atoms with Gasteiger partial charge in [-0.15, -0.1) is 0 Å². The van der Waals surface area contributed by atoms with Crippen LogP contribution in [0.3, 0.4) is 0 Å². The molecule has 1 aliphatic carbocycles. The minimum Gasteiger partial charge on any atom is -0.375 e. The van der Waals surface area contributed by atoms with Crippen LogP contribution in [0.15, 0.2) is 0 Å². The van der Waals surface area contributed by atoms with Crippen molar-refractivity contribution in [3.63, 3.8) is 0 Å². The fourth-order valence-electron chi connectivity index (χ4n) is 4.48. The van der Waals surface area contributed by atoms with Gasteiger partial charge in [0.15, 0.2) is 0 Å². The third-order valence-electron chi connectivity index (χ3n) is 6.12. The molecule has 0 amide bonds. The van der Waals surface area contributed by atoms with Gasteiger partial charge in [-0.2, -0.15) is 0 Å². The first-order valence-electron chi connectivity index (χ1n) is 10.0. The van der Waals surface area contributed by atoms with E-state index in [4.69, 9.17) is 4.74 Å². The first-order valence-corrected chi connectivity index (χ1v) is 10.0. The summed E-state index contributed by atoms with van der Waals surface area (Å²) in [6.45, 7) is 13.3. The molecule has 0 bridgehead atoms. The molecule has 3 rings (SSSR count). The topological polar surface area (TPSA) is 27.7 Å². The predicted octanol–water partition coefficient (Wildman–Crippen LogP) is 2.34. The van der Waals surface area contributed by atoms with E-state index in [2.05, 4.69) is 29.0 Å². The van der Waals surface area contributed by atoms with Crippen LogP contribution in [0, 0.1) is 5.92 Å². The summed E-state index contributed by atoms with van der Waals surface area (Å²) in [4.78, 5) is 5.32. The molecule has 0 aromatic heterocycles. The van der Waals surface area contributed by atoms with Gasteiger partial charge in [0.1, 0.15) is 0 Å². The van der Waals surface area contributed by atoms with Crippen molar-refractivity contribution in [3.8, 4) is 0 Å². The number of hydrogen-bond donors (Lipinski definition) is 1. The number of ether oxygens (including phenoxy) is 1. The van der Waals surface area contributed by atoms with Crippen LogP contribution in [0.5, 0.6) is 0 Å². The Morgan fingerprint density at radius 2 is 1.48 bits per heavy atom. The second-order valence-electron chi connectivity index (χ2n) is 8.16. The lowest BCUT2D eigenvalue weighted by molar-refractivity contribution is -0.0503. The number of hydrogen-bond acceptors (Lipinski definition) is 4. The average Bonchev–Trinajstić information content (AvgIpc) is 2.58. The van der Waals surface area contributed by atoms with Gasteiger partial charge < -0.3 is 15.0 Å². The van der Waals surface area contributed by atoms with Crippen molar-refractivity contribution >= 4 is 0 Å². The molecular weight excluding hydrogens is 286 g/mol. The Bertz CT molecular complexity index is 328. The Morgan fingerprint density at radius 1 is 0.870 bits per heavy atom. The maximum Gasteiger partial charge on any atom is 0.0603 e. The Balaban J connectivity index is 1.32. The Kier molecular flexibility index (Phi) is 6.75. The molecule has 0 spiro atoms. The van der Waals surface area contributed by atoms with Crippen molar-refractivity contribution in [2.24, 2.45) is 5.92 Å².